The largest absolute Gasteiger partial charge is 0.486 e. The Morgan fingerprint density at radius 3 is 2.59 bits per heavy atom. The van der Waals surface area contributed by atoms with Crippen LogP contribution in [0.3, 0.4) is 0 Å². The van der Waals surface area contributed by atoms with Gasteiger partial charge < -0.3 is 9.47 Å². The molecule has 0 bridgehead atoms. The lowest BCUT2D eigenvalue weighted by molar-refractivity contribution is -0.120. The molecule has 3 aromatic rings. The molecule has 3 rings (SSSR count). The van der Waals surface area contributed by atoms with E-state index in [1.54, 1.807) is 11.9 Å². The molecule has 0 fully saturated rings. The van der Waals surface area contributed by atoms with Crippen LogP contribution in [0.25, 0.3) is 5.65 Å². The van der Waals surface area contributed by atoms with Crippen LogP contribution in [0.1, 0.15) is 26.5 Å². The Morgan fingerprint density at radius 1 is 1.14 bits per heavy atom. The van der Waals surface area contributed by atoms with Crippen molar-refractivity contribution in [2.45, 2.75) is 27.2 Å². The van der Waals surface area contributed by atoms with Crippen LogP contribution in [0.4, 0.5) is 5.82 Å². The van der Waals surface area contributed by atoms with Crippen molar-refractivity contribution in [2.24, 2.45) is 0 Å². The van der Waals surface area contributed by atoms with Crippen molar-refractivity contribution in [3.05, 3.63) is 66.0 Å². The first kappa shape index (κ1) is 20.5. The van der Waals surface area contributed by atoms with E-state index in [0.717, 1.165) is 11.5 Å². The summed E-state index contributed by atoms with van der Waals surface area (Å²) in [6.45, 7) is 6.52. The Morgan fingerprint density at radius 2 is 1.90 bits per heavy atom. The molecule has 29 heavy (non-hydrogen) atoms. The van der Waals surface area contributed by atoms with Gasteiger partial charge in [-0.2, -0.15) is 0 Å². The molecule has 6 heteroatoms. The Hall–Kier alpha value is -3.28. The summed E-state index contributed by atoms with van der Waals surface area (Å²) in [5.74, 6) is 1.93. The standard InChI is InChI=1S/C23H27N3O3/c1-5-19-23(25(4)21(27)16-29-18-10-7-6-8-11-18)26-14-9-12-20(22(26)24-19)28-15-13-17(2)3/h6-14H,5,15-16H2,1-4H3. The Balaban J connectivity index is 1.85. The second-order valence-corrected chi connectivity index (χ2v) is 6.95. The number of carbonyl (C=O) groups is 1. The fraction of sp³-hybridized carbons (Fsp3) is 0.304. The van der Waals surface area contributed by atoms with Crippen LogP contribution >= 0.6 is 0 Å². The van der Waals surface area contributed by atoms with Gasteiger partial charge in [-0.1, -0.05) is 30.7 Å². The molecule has 0 aliphatic carbocycles. The fourth-order valence-electron chi connectivity index (χ4n) is 2.96. The van der Waals surface area contributed by atoms with Crippen LogP contribution in [0.15, 0.2) is 60.3 Å². The zero-order valence-corrected chi connectivity index (χ0v) is 17.4. The highest BCUT2D eigenvalue weighted by Crippen LogP contribution is 2.28. The first-order valence-electron chi connectivity index (χ1n) is 9.71. The van der Waals surface area contributed by atoms with Crippen molar-refractivity contribution in [1.82, 2.24) is 9.38 Å². The summed E-state index contributed by atoms with van der Waals surface area (Å²) in [6, 6.07) is 13.1. The lowest BCUT2D eigenvalue weighted by Crippen LogP contribution is -2.32. The summed E-state index contributed by atoms with van der Waals surface area (Å²) in [5, 5.41) is 0. The van der Waals surface area contributed by atoms with Gasteiger partial charge in [0.05, 0.1) is 5.69 Å². The lowest BCUT2D eigenvalue weighted by Gasteiger charge is -2.18. The normalized spacial score (nSPS) is 10.6. The number of amides is 1. The number of aryl methyl sites for hydroxylation is 1. The summed E-state index contributed by atoms with van der Waals surface area (Å²) >= 11 is 0. The van der Waals surface area contributed by atoms with E-state index < -0.39 is 0 Å². The molecule has 1 amide bonds. The first-order valence-corrected chi connectivity index (χ1v) is 9.71. The number of pyridine rings is 1. The number of carbonyl (C=O) groups excluding carboxylic acids is 1. The zero-order chi connectivity index (χ0) is 20.8. The van der Waals surface area contributed by atoms with Crippen LogP contribution in [-0.4, -0.2) is 35.6 Å². The highest BCUT2D eigenvalue weighted by atomic mass is 16.5. The van der Waals surface area contributed by atoms with E-state index in [9.17, 15) is 4.79 Å². The number of hydrogen-bond donors (Lipinski definition) is 0. The third-order valence-electron chi connectivity index (χ3n) is 4.52. The number of likely N-dealkylation sites (N-methyl/N-ethyl adjacent to an activating group) is 1. The molecular formula is C23H27N3O3. The third-order valence-corrected chi connectivity index (χ3v) is 4.52. The average molecular weight is 393 g/mol. The van der Waals surface area contributed by atoms with Crippen molar-refractivity contribution in [3.8, 4) is 11.5 Å². The molecule has 2 heterocycles. The summed E-state index contributed by atoms with van der Waals surface area (Å²) in [5.41, 5.74) is 2.72. The van der Waals surface area contributed by atoms with E-state index in [0.29, 0.717) is 30.2 Å². The molecule has 0 aliphatic heterocycles. The van der Waals surface area contributed by atoms with Gasteiger partial charge in [-0.25, -0.2) is 4.98 Å². The van der Waals surface area contributed by atoms with Crippen molar-refractivity contribution < 1.29 is 14.3 Å². The number of allylic oxidation sites excluding steroid dienone is 1. The second-order valence-electron chi connectivity index (χ2n) is 6.95. The first-order chi connectivity index (χ1) is 14.0. The third kappa shape index (κ3) is 4.77. The van der Waals surface area contributed by atoms with Crippen molar-refractivity contribution in [1.29, 1.82) is 0 Å². The van der Waals surface area contributed by atoms with E-state index in [1.165, 1.54) is 5.57 Å². The van der Waals surface area contributed by atoms with Crippen LogP contribution in [0.2, 0.25) is 0 Å². The number of imidazole rings is 1. The van der Waals surface area contributed by atoms with Crippen molar-refractivity contribution in [3.63, 3.8) is 0 Å². The van der Waals surface area contributed by atoms with E-state index in [4.69, 9.17) is 14.5 Å². The predicted molar refractivity (Wildman–Crippen MR) is 115 cm³/mol. The van der Waals surface area contributed by atoms with Crippen molar-refractivity contribution in [2.75, 3.05) is 25.2 Å². The SMILES string of the molecule is CCc1nc2c(OCC=C(C)C)cccn2c1N(C)C(=O)COc1ccccc1. The van der Waals surface area contributed by atoms with Gasteiger partial charge in [-0.15, -0.1) is 0 Å². The molecule has 2 aromatic heterocycles. The maximum absolute atomic E-state index is 12.8. The number of ether oxygens (including phenoxy) is 2. The highest BCUT2D eigenvalue weighted by Gasteiger charge is 2.22. The van der Waals surface area contributed by atoms with Gasteiger partial charge in [0.1, 0.15) is 18.2 Å². The molecule has 0 saturated carbocycles. The summed E-state index contributed by atoms with van der Waals surface area (Å²) in [4.78, 5) is 19.1. The van der Waals surface area contributed by atoms with Crippen LogP contribution in [0, 0.1) is 0 Å². The Labute approximate surface area is 171 Å². The van der Waals surface area contributed by atoms with Gasteiger partial charge in [0.25, 0.3) is 5.91 Å². The van der Waals surface area contributed by atoms with Crippen LogP contribution in [0.5, 0.6) is 11.5 Å². The van der Waals surface area contributed by atoms with E-state index in [2.05, 4.69) is 0 Å². The summed E-state index contributed by atoms with van der Waals surface area (Å²) in [7, 11) is 1.75. The van der Waals surface area contributed by atoms with Gasteiger partial charge in [0.15, 0.2) is 18.0 Å². The zero-order valence-electron chi connectivity index (χ0n) is 17.4. The molecule has 0 spiro atoms. The number of hydrogen-bond acceptors (Lipinski definition) is 4. The fourth-order valence-corrected chi connectivity index (χ4v) is 2.96. The Bertz CT molecular complexity index is 1000. The molecule has 0 saturated heterocycles. The Kier molecular flexibility index (Phi) is 6.54. The number of para-hydroxylation sites is 1. The maximum atomic E-state index is 12.8. The monoisotopic (exact) mass is 393 g/mol. The van der Waals surface area contributed by atoms with Crippen LogP contribution < -0.4 is 14.4 Å². The molecule has 0 atom stereocenters. The minimum Gasteiger partial charge on any atom is -0.486 e. The van der Waals surface area contributed by atoms with Gasteiger partial charge in [0.2, 0.25) is 0 Å². The highest BCUT2D eigenvalue weighted by molar-refractivity contribution is 5.94. The molecular weight excluding hydrogens is 366 g/mol. The minimum atomic E-state index is -0.152. The quantitative estimate of drug-likeness (QED) is 0.536. The van der Waals surface area contributed by atoms with Gasteiger partial charge >= 0.3 is 0 Å². The average Bonchev–Trinajstić information content (AvgIpc) is 3.11. The second kappa shape index (κ2) is 9.28. The number of anilines is 1. The van der Waals surface area contributed by atoms with Gasteiger partial charge in [0, 0.05) is 13.2 Å². The number of nitrogens with zero attached hydrogens (tertiary/aromatic N) is 3. The summed E-state index contributed by atoms with van der Waals surface area (Å²) < 4.78 is 13.4. The molecule has 0 aliphatic rings. The van der Waals surface area contributed by atoms with Gasteiger partial charge in [-0.05, 0) is 50.6 Å². The van der Waals surface area contributed by atoms with Gasteiger partial charge in [-0.3, -0.25) is 14.1 Å². The topological polar surface area (TPSA) is 56.1 Å². The van der Waals surface area contributed by atoms with E-state index >= 15 is 0 Å². The number of benzene rings is 1. The maximum Gasteiger partial charge on any atom is 0.265 e. The molecule has 0 unspecified atom stereocenters. The number of rotatable bonds is 8. The minimum absolute atomic E-state index is 0.0480. The number of fused-ring (bicyclic) bond motifs is 1. The van der Waals surface area contributed by atoms with Crippen molar-refractivity contribution >= 4 is 17.4 Å². The molecule has 152 valence electrons. The molecule has 1 aromatic carbocycles. The van der Waals surface area contributed by atoms with E-state index in [-0.39, 0.29) is 12.5 Å². The molecule has 6 nitrogen and oxygen atoms in total. The summed E-state index contributed by atoms with van der Waals surface area (Å²) in [6.07, 6.45) is 4.61. The predicted octanol–water partition coefficient (Wildman–Crippen LogP) is 4.28. The number of aromatic nitrogens is 2. The molecule has 0 N–H and O–H groups in total. The smallest absolute Gasteiger partial charge is 0.265 e. The van der Waals surface area contributed by atoms with Crippen LogP contribution in [-0.2, 0) is 11.2 Å². The lowest BCUT2D eigenvalue weighted by atomic mass is 10.3. The van der Waals surface area contributed by atoms with E-state index in [1.807, 2.05) is 79.9 Å². The molecule has 0 radical (unpaired) electrons.